The summed E-state index contributed by atoms with van der Waals surface area (Å²) in [4.78, 5) is 12.1. The van der Waals surface area contributed by atoms with E-state index in [0.29, 0.717) is 12.2 Å². The van der Waals surface area contributed by atoms with E-state index in [1.54, 1.807) is 0 Å². The molecule has 0 saturated heterocycles. The molecule has 0 aliphatic carbocycles. The molecular formula is C15H17N3O. The second-order valence-corrected chi connectivity index (χ2v) is 4.24. The van der Waals surface area contributed by atoms with Crippen molar-refractivity contribution in [2.75, 3.05) is 5.32 Å². The molecular weight excluding hydrogens is 238 g/mol. The topological polar surface area (TPSA) is 81.1 Å². The Bertz CT molecular complexity index is 554. The highest BCUT2D eigenvalue weighted by atomic mass is 16.2. The molecule has 0 fully saturated rings. The molecule has 1 atom stereocenters. The molecule has 2 rings (SSSR count). The van der Waals surface area contributed by atoms with Crippen LogP contribution in [-0.4, -0.2) is 5.91 Å². The highest BCUT2D eigenvalue weighted by Gasteiger charge is 2.16. The fraction of sp³-hybridized carbons (Fsp3) is 0.133. The van der Waals surface area contributed by atoms with Gasteiger partial charge in [-0.2, -0.15) is 0 Å². The van der Waals surface area contributed by atoms with Crippen molar-refractivity contribution >= 4 is 11.6 Å². The largest absolute Gasteiger partial charge is 0.326 e. The summed E-state index contributed by atoms with van der Waals surface area (Å²) in [6.07, 6.45) is 0. The van der Waals surface area contributed by atoms with Crippen LogP contribution in [0.1, 0.15) is 17.2 Å². The van der Waals surface area contributed by atoms with E-state index in [2.05, 4.69) is 5.32 Å². The molecule has 0 heterocycles. The third-order valence-corrected chi connectivity index (χ3v) is 2.94. The second kappa shape index (κ2) is 6.13. The number of nitrogens with two attached hydrogens (primary N) is 2. The first-order chi connectivity index (χ1) is 9.22. The molecule has 0 aliphatic heterocycles. The summed E-state index contributed by atoms with van der Waals surface area (Å²) in [5, 5.41) is 2.82. The number of carbonyl (C=O) groups excluding carboxylic acids is 1. The lowest BCUT2D eigenvalue weighted by Gasteiger charge is -2.14. The van der Waals surface area contributed by atoms with Crippen LogP contribution in [0.3, 0.4) is 0 Å². The quantitative estimate of drug-likeness (QED) is 0.779. The molecule has 1 amide bonds. The minimum atomic E-state index is -0.688. The molecule has 0 aliphatic rings. The molecule has 0 spiro atoms. The van der Waals surface area contributed by atoms with Crippen LogP contribution < -0.4 is 16.8 Å². The zero-order valence-electron chi connectivity index (χ0n) is 10.5. The number of para-hydroxylation sites is 1. The van der Waals surface area contributed by atoms with Crippen molar-refractivity contribution in [1.29, 1.82) is 0 Å². The van der Waals surface area contributed by atoms with Gasteiger partial charge < -0.3 is 16.8 Å². The fourth-order valence-electron chi connectivity index (χ4n) is 1.84. The van der Waals surface area contributed by atoms with E-state index in [4.69, 9.17) is 11.5 Å². The first-order valence-electron chi connectivity index (χ1n) is 6.11. The van der Waals surface area contributed by atoms with Crippen molar-refractivity contribution in [3.05, 3.63) is 65.7 Å². The Morgan fingerprint density at radius 2 is 1.68 bits per heavy atom. The van der Waals surface area contributed by atoms with Crippen LogP contribution in [0.25, 0.3) is 0 Å². The average Bonchev–Trinajstić information content (AvgIpc) is 2.48. The van der Waals surface area contributed by atoms with Crippen LogP contribution in [0.15, 0.2) is 54.6 Å². The first-order valence-corrected chi connectivity index (χ1v) is 6.11. The molecule has 4 nitrogen and oxygen atoms in total. The Hall–Kier alpha value is -2.17. The van der Waals surface area contributed by atoms with Gasteiger partial charge in [0.2, 0.25) is 5.91 Å². The van der Waals surface area contributed by atoms with E-state index >= 15 is 0 Å². The van der Waals surface area contributed by atoms with Gasteiger partial charge in [-0.15, -0.1) is 0 Å². The number of nitrogens with one attached hydrogen (secondary N) is 1. The van der Waals surface area contributed by atoms with Crippen molar-refractivity contribution in [1.82, 2.24) is 0 Å². The molecule has 19 heavy (non-hydrogen) atoms. The Labute approximate surface area is 112 Å². The summed E-state index contributed by atoms with van der Waals surface area (Å²) in [5.41, 5.74) is 13.9. The average molecular weight is 255 g/mol. The lowest BCUT2D eigenvalue weighted by molar-refractivity contribution is -0.117. The van der Waals surface area contributed by atoms with E-state index in [1.165, 1.54) is 0 Å². The van der Waals surface area contributed by atoms with Gasteiger partial charge in [-0.3, -0.25) is 4.79 Å². The van der Waals surface area contributed by atoms with Gasteiger partial charge in [-0.1, -0.05) is 48.5 Å². The van der Waals surface area contributed by atoms with Gasteiger partial charge >= 0.3 is 0 Å². The molecule has 2 aromatic carbocycles. The van der Waals surface area contributed by atoms with Crippen molar-refractivity contribution in [3.63, 3.8) is 0 Å². The highest BCUT2D eigenvalue weighted by molar-refractivity contribution is 5.96. The van der Waals surface area contributed by atoms with Crippen LogP contribution in [0, 0.1) is 0 Å². The molecule has 0 aromatic heterocycles. The Morgan fingerprint density at radius 3 is 2.37 bits per heavy atom. The maximum Gasteiger partial charge on any atom is 0.245 e. The van der Waals surface area contributed by atoms with Crippen LogP contribution in [0.2, 0.25) is 0 Å². The van der Waals surface area contributed by atoms with E-state index < -0.39 is 6.04 Å². The lowest BCUT2D eigenvalue weighted by atomic mass is 10.1. The molecule has 5 N–H and O–H groups in total. The van der Waals surface area contributed by atoms with Crippen LogP contribution in [-0.2, 0) is 11.3 Å². The standard InChI is InChI=1S/C15H17N3O/c16-10-12-8-4-5-9-13(12)18-15(19)14(17)11-6-2-1-3-7-11/h1-9,14H,10,16-17H2,(H,18,19). The van der Waals surface area contributed by atoms with Gasteiger partial charge in [0.25, 0.3) is 0 Å². The second-order valence-electron chi connectivity index (χ2n) is 4.24. The van der Waals surface area contributed by atoms with Gasteiger partial charge in [-0.05, 0) is 17.2 Å². The number of amides is 1. The van der Waals surface area contributed by atoms with Gasteiger partial charge in [0, 0.05) is 12.2 Å². The Balaban J connectivity index is 2.13. The molecule has 0 saturated carbocycles. The molecule has 1 unspecified atom stereocenters. The number of hydrogen-bond donors (Lipinski definition) is 3. The Morgan fingerprint density at radius 1 is 1.05 bits per heavy atom. The van der Waals surface area contributed by atoms with Crippen molar-refractivity contribution in [3.8, 4) is 0 Å². The van der Waals surface area contributed by atoms with Gasteiger partial charge in [-0.25, -0.2) is 0 Å². The number of hydrogen-bond acceptors (Lipinski definition) is 3. The number of benzene rings is 2. The zero-order chi connectivity index (χ0) is 13.7. The molecule has 4 heteroatoms. The van der Waals surface area contributed by atoms with E-state index in [-0.39, 0.29) is 5.91 Å². The monoisotopic (exact) mass is 255 g/mol. The minimum Gasteiger partial charge on any atom is -0.326 e. The SMILES string of the molecule is NCc1ccccc1NC(=O)C(N)c1ccccc1. The van der Waals surface area contributed by atoms with E-state index in [9.17, 15) is 4.79 Å². The van der Waals surface area contributed by atoms with Gasteiger partial charge in [0.1, 0.15) is 6.04 Å². The van der Waals surface area contributed by atoms with E-state index in [0.717, 1.165) is 11.1 Å². The van der Waals surface area contributed by atoms with E-state index in [1.807, 2.05) is 54.6 Å². The molecule has 2 aromatic rings. The molecule has 0 radical (unpaired) electrons. The predicted octanol–water partition coefficient (Wildman–Crippen LogP) is 1.78. The fourth-order valence-corrected chi connectivity index (χ4v) is 1.84. The van der Waals surface area contributed by atoms with Gasteiger partial charge in [0.15, 0.2) is 0 Å². The summed E-state index contributed by atoms with van der Waals surface area (Å²) in [6, 6.07) is 16.0. The predicted molar refractivity (Wildman–Crippen MR) is 76.3 cm³/mol. The van der Waals surface area contributed by atoms with Gasteiger partial charge in [0.05, 0.1) is 0 Å². The number of carbonyl (C=O) groups is 1. The molecule has 0 bridgehead atoms. The normalized spacial score (nSPS) is 11.9. The van der Waals surface area contributed by atoms with Crippen LogP contribution in [0.5, 0.6) is 0 Å². The van der Waals surface area contributed by atoms with Crippen molar-refractivity contribution in [2.45, 2.75) is 12.6 Å². The van der Waals surface area contributed by atoms with Crippen molar-refractivity contribution in [2.24, 2.45) is 11.5 Å². The van der Waals surface area contributed by atoms with Crippen LogP contribution >= 0.6 is 0 Å². The third kappa shape index (κ3) is 3.19. The maximum atomic E-state index is 12.1. The summed E-state index contributed by atoms with van der Waals surface area (Å²) >= 11 is 0. The molecule has 98 valence electrons. The summed E-state index contributed by atoms with van der Waals surface area (Å²) in [7, 11) is 0. The third-order valence-electron chi connectivity index (χ3n) is 2.94. The number of rotatable bonds is 4. The lowest BCUT2D eigenvalue weighted by Crippen LogP contribution is -2.28. The summed E-state index contributed by atoms with van der Waals surface area (Å²) in [5.74, 6) is -0.243. The smallest absolute Gasteiger partial charge is 0.245 e. The Kier molecular flexibility index (Phi) is 4.28. The highest BCUT2D eigenvalue weighted by Crippen LogP contribution is 2.17. The summed E-state index contributed by atoms with van der Waals surface area (Å²) in [6.45, 7) is 0.372. The summed E-state index contributed by atoms with van der Waals surface area (Å²) < 4.78 is 0. The maximum absolute atomic E-state index is 12.1. The van der Waals surface area contributed by atoms with Crippen molar-refractivity contribution < 1.29 is 4.79 Å². The number of anilines is 1. The zero-order valence-corrected chi connectivity index (χ0v) is 10.5. The minimum absolute atomic E-state index is 0.243. The first kappa shape index (κ1) is 13.3. The van der Waals surface area contributed by atoms with Crippen LogP contribution in [0.4, 0.5) is 5.69 Å².